The third-order valence-corrected chi connectivity index (χ3v) is 3.81. The molecule has 1 atom stereocenters. The molecule has 5 nitrogen and oxygen atoms in total. The molecule has 1 heterocycles. The smallest absolute Gasteiger partial charge is 0.356 e. The molecule has 0 bridgehead atoms. The first-order valence-corrected chi connectivity index (χ1v) is 6.49. The van der Waals surface area contributed by atoms with E-state index in [0.29, 0.717) is 11.6 Å². The second-order valence-electron chi connectivity index (χ2n) is 4.98. The number of fused-ring (bicyclic) bond motifs is 3. The predicted molar refractivity (Wildman–Crippen MR) is 74.0 cm³/mol. The lowest BCUT2D eigenvalue weighted by Crippen LogP contribution is -2.12. The molecule has 20 heavy (non-hydrogen) atoms. The highest BCUT2D eigenvalue weighted by atomic mass is 16.5. The Hall–Kier alpha value is -2.30. The number of aromatic amines is 1. The van der Waals surface area contributed by atoms with Crippen molar-refractivity contribution in [3.8, 4) is 17.0 Å². The van der Waals surface area contributed by atoms with Crippen LogP contribution in [-0.2, 0) is 11.2 Å². The Kier molecular flexibility index (Phi) is 2.97. The molecule has 0 spiro atoms. The van der Waals surface area contributed by atoms with Crippen LogP contribution >= 0.6 is 0 Å². The molecule has 1 aromatic heterocycles. The molecule has 104 valence electrons. The topological polar surface area (TPSA) is 64.2 Å². The maximum Gasteiger partial charge on any atom is 0.356 e. The first-order chi connectivity index (χ1) is 9.65. The number of methoxy groups -OCH3 is 2. The number of rotatable bonds is 2. The first kappa shape index (κ1) is 12.7. The number of H-pyrrole nitrogens is 1. The van der Waals surface area contributed by atoms with Crippen molar-refractivity contribution in [2.75, 3.05) is 14.2 Å². The molecule has 0 saturated carbocycles. The SMILES string of the molecule is COC(=O)c1[nH]nc2c1CC(C)c1cc(OC)ccc1-2. The molecule has 1 unspecified atom stereocenters. The zero-order valence-electron chi connectivity index (χ0n) is 11.7. The van der Waals surface area contributed by atoms with Gasteiger partial charge in [0.2, 0.25) is 0 Å². The maximum absolute atomic E-state index is 11.8. The molecule has 0 fully saturated rings. The highest BCUT2D eigenvalue weighted by molar-refractivity contribution is 5.92. The van der Waals surface area contributed by atoms with Crippen LogP contribution in [0.2, 0.25) is 0 Å². The number of benzene rings is 1. The van der Waals surface area contributed by atoms with E-state index in [1.807, 2.05) is 18.2 Å². The summed E-state index contributed by atoms with van der Waals surface area (Å²) in [6, 6.07) is 5.94. The van der Waals surface area contributed by atoms with Crippen LogP contribution in [0.3, 0.4) is 0 Å². The standard InChI is InChI=1S/C15H16N2O3/c1-8-6-12-13(16-17-14(12)15(18)20-3)10-5-4-9(19-2)7-11(8)10/h4-5,7-8H,6H2,1-3H3,(H,16,17). The van der Waals surface area contributed by atoms with E-state index in [4.69, 9.17) is 9.47 Å². The zero-order chi connectivity index (χ0) is 14.3. The van der Waals surface area contributed by atoms with Crippen LogP contribution in [0, 0.1) is 0 Å². The summed E-state index contributed by atoms with van der Waals surface area (Å²) >= 11 is 0. The van der Waals surface area contributed by atoms with E-state index < -0.39 is 0 Å². The molecule has 0 saturated heterocycles. The average molecular weight is 272 g/mol. The van der Waals surface area contributed by atoms with Crippen molar-refractivity contribution in [2.45, 2.75) is 19.3 Å². The zero-order valence-corrected chi connectivity index (χ0v) is 11.7. The number of nitrogens with one attached hydrogen (secondary N) is 1. The number of carbonyl (C=O) groups excluding carboxylic acids is 1. The summed E-state index contributed by atoms with van der Waals surface area (Å²) in [6.45, 7) is 2.13. The minimum absolute atomic E-state index is 0.300. The fraction of sp³-hybridized carbons (Fsp3) is 0.333. The van der Waals surface area contributed by atoms with Gasteiger partial charge in [-0.2, -0.15) is 5.10 Å². The summed E-state index contributed by atoms with van der Waals surface area (Å²) < 4.78 is 10.1. The molecule has 1 aliphatic rings. The summed E-state index contributed by atoms with van der Waals surface area (Å²) in [5.74, 6) is 0.763. The quantitative estimate of drug-likeness (QED) is 0.853. The Morgan fingerprint density at radius 1 is 1.40 bits per heavy atom. The number of hydrogen-bond donors (Lipinski definition) is 1. The molecule has 0 aliphatic heterocycles. The van der Waals surface area contributed by atoms with Gasteiger partial charge in [-0.25, -0.2) is 4.79 Å². The van der Waals surface area contributed by atoms with E-state index in [9.17, 15) is 4.79 Å². The van der Waals surface area contributed by atoms with Gasteiger partial charge in [0.15, 0.2) is 0 Å². The van der Waals surface area contributed by atoms with Crippen LogP contribution in [0.4, 0.5) is 0 Å². The number of ether oxygens (including phenoxy) is 2. The second-order valence-corrected chi connectivity index (χ2v) is 4.98. The number of hydrogen-bond acceptors (Lipinski definition) is 4. The highest BCUT2D eigenvalue weighted by Gasteiger charge is 2.29. The van der Waals surface area contributed by atoms with E-state index in [0.717, 1.165) is 29.0 Å². The third kappa shape index (κ3) is 1.78. The van der Waals surface area contributed by atoms with Crippen LogP contribution in [0.15, 0.2) is 18.2 Å². The van der Waals surface area contributed by atoms with Crippen molar-refractivity contribution in [3.63, 3.8) is 0 Å². The normalized spacial score (nSPS) is 16.2. The minimum atomic E-state index is -0.372. The Morgan fingerprint density at radius 3 is 2.90 bits per heavy atom. The van der Waals surface area contributed by atoms with Gasteiger partial charge < -0.3 is 9.47 Å². The van der Waals surface area contributed by atoms with Crippen LogP contribution < -0.4 is 4.74 Å². The van der Waals surface area contributed by atoms with Gasteiger partial charge in [-0.15, -0.1) is 0 Å². The molecule has 5 heteroatoms. The van der Waals surface area contributed by atoms with E-state index in [-0.39, 0.29) is 5.97 Å². The van der Waals surface area contributed by atoms with E-state index >= 15 is 0 Å². The van der Waals surface area contributed by atoms with Crippen LogP contribution in [0.1, 0.15) is 34.5 Å². The Labute approximate surface area is 116 Å². The number of nitrogens with zero attached hydrogens (tertiary/aromatic N) is 1. The summed E-state index contributed by atoms with van der Waals surface area (Å²) in [5, 5.41) is 7.09. The van der Waals surface area contributed by atoms with Gasteiger partial charge >= 0.3 is 5.97 Å². The van der Waals surface area contributed by atoms with Crippen molar-refractivity contribution in [1.82, 2.24) is 10.2 Å². The van der Waals surface area contributed by atoms with Gasteiger partial charge in [0, 0.05) is 11.1 Å². The largest absolute Gasteiger partial charge is 0.497 e. The van der Waals surface area contributed by atoms with E-state index in [2.05, 4.69) is 17.1 Å². The van der Waals surface area contributed by atoms with Crippen molar-refractivity contribution in [2.24, 2.45) is 0 Å². The van der Waals surface area contributed by atoms with Crippen molar-refractivity contribution in [1.29, 1.82) is 0 Å². The molecule has 1 N–H and O–H groups in total. The number of esters is 1. The maximum atomic E-state index is 11.8. The fourth-order valence-electron chi connectivity index (χ4n) is 2.76. The number of carbonyl (C=O) groups is 1. The van der Waals surface area contributed by atoms with Gasteiger partial charge in [0.1, 0.15) is 11.4 Å². The molecule has 1 aromatic carbocycles. The van der Waals surface area contributed by atoms with Gasteiger partial charge in [-0.3, -0.25) is 5.10 Å². The average Bonchev–Trinajstić information content (AvgIpc) is 2.90. The lowest BCUT2D eigenvalue weighted by atomic mass is 9.82. The molecule has 3 rings (SSSR count). The van der Waals surface area contributed by atoms with E-state index in [1.54, 1.807) is 7.11 Å². The minimum Gasteiger partial charge on any atom is -0.497 e. The lowest BCUT2D eigenvalue weighted by Gasteiger charge is -2.22. The van der Waals surface area contributed by atoms with Crippen molar-refractivity contribution in [3.05, 3.63) is 35.0 Å². The molecule has 0 radical (unpaired) electrons. The summed E-state index contributed by atoms with van der Waals surface area (Å²) in [7, 11) is 3.03. The molecule has 1 aliphatic carbocycles. The van der Waals surface area contributed by atoms with Gasteiger partial charge in [0.25, 0.3) is 0 Å². The predicted octanol–water partition coefficient (Wildman–Crippen LogP) is 2.53. The second kappa shape index (κ2) is 4.67. The van der Waals surface area contributed by atoms with Crippen LogP contribution in [-0.4, -0.2) is 30.4 Å². The summed E-state index contributed by atoms with van der Waals surface area (Å²) in [6.07, 6.45) is 0.760. The Bertz CT molecular complexity index is 676. The van der Waals surface area contributed by atoms with Gasteiger partial charge in [0.05, 0.1) is 19.9 Å². The van der Waals surface area contributed by atoms with Gasteiger partial charge in [-0.1, -0.05) is 6.92 Å². The molecular weight excluding hydrogens is 256 g/mol. The molecule has 0 amide bonds. The van der Waals surface area contributed by atoms with Crippen LogP contribution in [0.25, 0.3) is 11.3 Å². The summed E-state index contributed by atoms with van der Waals surface area (Å²) in [5.41, 5.74) is 4.46. The lowest BCUT2D eigenvalue weighted by molar-refractivity contribution is 0.0592. The van der Waals surface area contributed by atoms with Gasteiger partial charge in [-0.05, 0) is 36.1 Å². The Morgan fingerprint density at radius 2 is 2.20 bits per heavy atom. The molecular formula is C15H16N2O3. The fourth-order valence-corrected chi connectivity index (χ4v) is 2.76. The Balaban J connectivity index is 2.16. The highest BCUT2D eigenvalue weighted by Crippen LogP contribution is 2.41. The molecule has 2 aromatic rings. The number of aromatic nitrogens is 2. The first-order valence-electron chi connectivity index (χ1n) is 6.49. The van der Waals surface area contributed by atoms with Crippen molar-refractivity contribution >= 4 is 5.97 Å². The van der Waals surface area contributed by atoms with E-state index in [1.165, 1.54) is 12.7 Å². The van der Waals surface area contributed by atoms with Crippen LogP contribution in [0.5, 0.6) is 5.75 Å². The van der Waals surface area contributed by atoms with Crippen molar-refractivity contribution < 1.29 is 14.3 Å². The summed E-state index contributed by atoms with van der Waals surface area (Å²) in [4.78, 5) is 11.8. The monoisotopic (exact) mass is 272 g/mol. The third-order valence-electron chi connectivity index (χ3n) is 3.81.